The van der Waals surface area contributed by atoms with Crippen LogP contribution in [0.5, 0.6) is 5.75 Å². The summed E-state index contributed by atoms with van der Waals surface area (Å²) in [5, 5.41) is -0.478. The Morgan fingerprint density at radius 2 is 1.93 bits per heavy atom. The van der Waals surface area contributed by atoms with E-state index in [0.29, 0.717) is 0 Å². The molecular formula is C19H18N2O5S. The third-order valence-electron chi connectivity index (χ3n) is 3.85. The molecule has 1 aliphatic rings. The molecule has 3 rings (SSSR count). The van der Waals surface area contributed by atoms with Crippen LogP contribution < -0.4 is 4.74 Å². The van der Waals surface area contributed by atoms with Crippen LogP contribution in [-0.2, 0) is 14.3 Å². The molecule has 1 aromatic heterocycles. The zero-order chi connectivity index (χ0) is 19.4. The molecule has 0 unspecified atom stereocenters. The van der Waals surface area contributed by atoms with Crippen LogP contribution in [0, 0.1) is 0 Å². The second-order valence-corrected chi connectivity index (χ2v) is 6.62. The fourth-order valence-electron chi connectivity index (χ4n) is 2.54. The Morgan fingerprint density at radius 1 is 1.19 bits per heavy atom. The molecular weight excluding hydrogens is 368 g/mol. The standard InChI is InChI=1S/C19H18N2O5S/c1-3-26-17(22)12-21-18(23)16(27-19(21)24)10-13-8-9-20(11-13)14-4-6-15(25-2)7-5-14/h4-11H,3,12H2,1-2H3/b16-10-. The van der Waals surface area contributed by atoms with E-state index in [9.17, 15) is 14.4 Å². The minimum atomic E-state index is -0.605. The molecule has 0 aliphatic carbocycles. The van der Waals surface area contributed by atoms with Gasteiger partial charge in [-0.3, -0.25) is 19.3 Å². The van der Waals surface area contributed by atoms with Gasteiger partial charge >= 0.3 is 5.97 Å². The Kier molecular flexibility index (Phi) is 5.66. The van der Waals surface area contributed by atoms with Gasteiger partial charge in [0, 0.05) is 18.1 Å². The number of thioether (sulfide) groups is 1. The highest BCUT2D eigenvalue weighted by Crippen LogP contribution is 2.32. The average molecular weight is 386 g/mol. The minimum Gasteiger partial charge on any atom is -0.497 e. The molecule has 1 aliphatic heterocycles. The molecule has 0 atom stereocenters. The van der Waals surface area contributed by atoms with E-state index in [1.54, 1.807) is 20.1 Å². The van der Waals surface area contributed by atoms with Crippen LogP contribution in [0.4, 0.5) is 4.79 Å². The molecule has 0 radical (unpaired) electrons. The SMILES string of the molecule is CCOC(=O)CN1C(=O)S/C(=C\c2ccn(-c3ccc(OC)cc3)c2)C1=O. The summed E-state index contributed by atoms with van der Waals surface area (Å²) in [4.78, 5) is 37.1. The number of rotatable bonds is 6. The summed E-state index contributed by atoms with van der Waals surface area (Å²) in [5.74, 6) is -0.330. The highest BCUT2D eigenvalue weighted by Gasteiger charge is 2.36. The van der Waals surface area contributed by atoms with Gasteiger partial charge in [0.25, 0.3) is 11.1 Å². The van der Waals surface area contributed by atoms with Crippen LogP contribution in [0.1, 0.15) is 12.5 Å². The topological polar surface area (TPSA) is 77.8 Å². The summed E-state index contributed by atoms with van der Waals surface area (Å²) in [5.41, 5.74) is 1.71. The molecule has 1 fully saturated rings. The van der Waals surface area contributed by atoms with Crippen molar-refractivity contribution in [2.24, 2.45) is 0 Å². The molecule has 0 N–H and O–H groups in total. The van der Waals surface area contributed by atoms with Gasteiger partial charge in [-0.05, 0) is 60.7 Å². The van der Waals surface area contributed by atoms with Crippen molar-refractivity contribution < 1.29 is 23.9 Å². The van der Waals surface area contributed by atoms with Crippen LogP contribution in [0.25, 0.3) is 11.8 Å². The molecule has 27 heavy (non-hydrogen) atoms. The Balaban J connectivity index is 1.75. The van der Waals surface area contributed by atoms with E-state index in [4.69, 9.17) is 9.47 Å². The molecule has 2 aromatic rings. The summed E-state index contributed by atoms with van der Waals surface area (Å²) in [6.45, 7) is 1.49. The van der Waals surface area contributed by atoms with Gasteiger partial charge in [-0.25, -0.2) is 0 Å². The van der Waals surface area contributed by atoms with Gasteiger partial charge in [-0.15, -0.1) is 0 Å². The first kappa shape index (κ1) is 18.8. The van der Waals surface area contributed by atoms with E-state index >= 15 is 0 Å². The second-order valence-electron chi connectivity index (χ2n) is 5.62. The number of carbonyl (C=O) groups excluding carboxylic acids is 3. The number of imide groups is 1. The zero-order valence-corrected chi connectivity index (χ0v) is 15.7. The summed E-state index contributed by atoms with van der Waals surface area (Å²) in [6.07, 6.45) is 5.34. The smallest absolute Gasteiger partial charge is 0.326 e. The largest absolute Gasteiger partial charge is 0.497 e. The van der Waals surface area contributed by atoms with Gasteiger partial charge in [-0.1, -0.05) is 0 Å². The van der Waals surface area contributed by atoms with E-state index in [2.05, 4.69) is 0 Å². The minimum absolute atomic E-state index is 0.198. The van der Waals surface area contributed by atoms with E-state index in [1.165, 1.54) is 0 Å². The molecule has 0 bridgehead atoms. The van der Waals surface area contributed by atoms with E-state index in [0.717, 1.165) is 33.7 Å². The molecule has 8 heteroatoms. The number of benzene rings is 1. The van der Waals surface area contributed by atoms with Crippen molar-refractivity contribution in [1.29, 1.82) is 0 Å². The quantitative estimate of drug-likeness (QED) is 0.561. The molecule has 1 saturated heterocycles. The van der Waals surface area contributed by atoms with Crippen molar-refractivity contribution in [2.45, 2.75) is 6.92 Å². The number of esters is 1. The predicted octanol–water partition coefficient (Wildman–Crippen LogP) is 3.09. The van der Waals surface area contributed by atoms with Crippen LogP contribution in [0.3, 0.4) is 0 Å². The fraction of sp³-hybridized carbons (Fsp3) is 0.211. The first-order valence-electron chi connectivity index (χ1n) is 8.25. The highest BCUT2D eigenvalue weighted by atomic mass is 32.2. The molecule has 2 amide bonds. The van der Waals surface area contributed by atoms with Gasteiger partial charge in [0.2, 0.25) is 0 Å². The fourth-order valence-corrected chi connectivity index (χ4v) is 3.38. The number of hydrogen-bond acceptors (Lipinski definition) is 6. The highest BCUT2D eigenvalue weighted by molar-refractivity contribution is 8.18. The van der Waals surface area contributed by atoms with Crippen molar-refractivity contribution in [2.75, 3.05) is 20.3 Å². The van der Waals surface area contributed by atoms with Crippen LogP contribution in [0.15, 0.2) is 47.6 Å². The Bertz CT molecular complexity index is 901. The number of ether oxygens (including phenoxy) is 2. The molecule has 1 aromatic carbocycles. The summed E-state index contributed by atoms with van der Waals surface area (Å²) >= 11 is 0.812. The van der Waals surface area contributed by atoms with Crippen molar-refractivity contribution in [1.82, 2.24) is 9.47 Å². The zero-order valence-electron chi connectivity index (χ0n) is 14.9. The number of nitrogens with zero attached hydrogens (tertiary/aromatic N) is 2. The maximum absolute atomic E-state index is 12.4. The van der Waals surface area contributed by atoms with Gasteiger partial charge in [0.05, 0.1) is 18.6 Å². The lowest BCUT2D eigenvalue weighted by Crippen LogP contribution is -2.34. The van der Waals surface area contributed by atoms with Crippen LogP contribution in [-0.4, -0.2) is 46.8 Å². The summed E-state index contributed by atoms with van der Waals surface area (Å²) in [7, 11) is 1.61. The monoisotopic (exact) mass is 386 g/mol. The molecule has 0 spiro atoms. The maximum atomic E-state index is 12.4. The van der Waals surface area contributed by atoms with E-state index in [-0.39, 0.29) is 18.1 Å². The first-order chi connectivity index (χ1) is 13.0. The molecule has 140 valence electrons. The van der Waals surface area contributed by atoms with Gasteiger partial charge in [0.15, 0.2) is 0 Å². The Labute approximate surface area is 160 Å². The van der Waals surface area contributed by atoms with Gasteiger partial charge in [0.1, 0.15) is 12.3 Å². The van der Waals surface area contributed by atoms with E-state index < -0.39 is 17.1 Å². The lowest BCUT2D eigenvalue weighted by Gasteiger charge is -2.10. The first-order valence-corrected chi connectivity index (χ1v) is 9.07. The van der Waals surface area contributed by atoms with Crippen molar-refractivity contribution in [3.8, 4) is 11.4 Å². The third kappa shape index (κ3) is 4.22. The number of methoxy groups -OCH3 is 1. The van der Waals surface area contributed by atoms with Crippen molar-refractivity contribution >= 4 is 35.0 Å². The average Bonchev–Trinajstić information content (AvgIpc) is 3.23. The maximum Gasteiger partial charge on any atom is 0.326 e. The lowest BCUT2D eigenvalue weighted by atomic mass is 10.3. The lowest BCUT2D eigenvalue weighted by molar-refractivity contribution is -0.145. The normalized spacial score (nSPS) is 15.5. The van der Waals surface area contributed by atoms with Crippen molar-refractivity contribution in [3.05, 3.63) is 53.2 Å². The molecule has 7 nitrogen and oxygen atoms in total. The van der Waals surface area contributed by atoms with Gasteiger partial charge < -0.3 is 14.0 Å². The third-order valence-corrected chi connectivity index (χ3v) is 4.76. The number of hydrogen-bond donors (Lipinski definition) is 0. The predicted molar refractivity (Wildman–Crippen MR) is 102 cm³/mol. The van der Waals surface area contributed by atoms with Crippen molar-refractivity contribution in [3.63, 3.8) is 0 Å². The number of aromatic nitrogens is 1. The molecule has 0 saturated carbocycles. The Morgan fingerprint density at radius 3 is 2.59 bits per heavy atom. The summed E-state index contributed by atoms with van der Waals surface area (Å²) < 4.78 is 11.8. The van der Waals surface area contributed by atoms with E-state index in [1.807, 2.05) is 47.3 Å². The van der Waals surface area contributed by atoms with Gasteiger partial charge in [-0.2, -0.15) is 0 Å². The van der Waals surface area contributed by atoms with Crippen LogP contribution >= 0.6 is 11.8 Å². The van der Waals surface area contributed by atoms with Crippen LogP contribution in [0.2, 0.25) is 0 Å². The second kappa shape index (κ2) is 8.13. The Hall–Kier alpha value is -3.00. The number of amides is 2. The number of carbonyl (C=O) groups is 3. The summed E-state index contributed by atoms with van der Waals surface area (Å²) in [6, 6.07) is 9.38. The molecule has 2 heterocycles.